The third-order valence-electron chi connectivity index (χ3n) is 6.74. The van der Waals surface area contributed by atoms with Gasteiger partial charge in [-0.3, -0.25) is 4.90 Å². The number of nitrogens with zero attached hydrogens (tertiary/aromatic N) is 1. The van der Waals surface area contributed by atoms with Gasteiger partial charge in [0.15, 0.2) is 0 Å². The van der Waals surface area contributed by atoms with E-state index in [1.807, 2.05) is 0 Å². The van der Waals surface area contributed by atoms with Gasteiger partial charge in [0.2, 0.25) is 5.88 Å². The molecule has 2 heteroatoms. The first-order chi connectivity index (χ1) is 14.3. The summed E-state index contributed by atoms with van der Waals surface area (Å²) >= 11 is 0. The number of hydrogen-bond acceptors (Lipinski definition) is 2. The fourth-order valence-electron chi connectivity index (χ4n) is 5.29. The standard InChI is InChI=1S/C27H25NO/c1-18-14-17-25(21-10-4-3-9-20(18)21)28-24-12-6-2-8-19(24)15-16-23-22-11-5-7-13-26(22)29-27(23)28/h2,5-8,11-14,17H,3-4,9-10,15-16H2,1H3. The van der Waals surface area contributed by atoms with Crippen molar-refractivity contribution in [1.82, 2.24) is 0 Å². The number of para-hydroxylation sites is 2. The van der Waals surface area contributed by atoms with Crippen LogP contribution in [-0.4, -0.2) is 0 Å². The molecule has 0 fully saturated rings. The highest BCUT2D eigenvalue weighted by Gasteiger charge is 2.30. The Labute approximate surface area is 171 Å². The predicted molar refractivity (Wildman–Crippen MR) is 120 cm³/mol. The van der Waals surface area contributed by atoms with Gasteiger partial charge in [-0.1, -0.05) is 42.5 Å². The van der Waals surface area contributed by atoms with E-state index < -0.39 is 0 Å². The smallest absolute Gasteiger partial charge is 0.209 e. The van der Waals surface area contributed by atoms with Crippen LogP contribution in [0.2, 0.25) is 0 Å². The number of benzene rings is 3. The van der Waals surface area contributed by atoms with Crippen molar-refractivity contribution < 1.29 is 4.42 Å². The minimum Gasteiger partial charge on any atom is -0.439 e. The molecule has 3 aromatic carbocycles. The third kappa shape index (κ3) is 2.55. The Bertz CT molecular complexity index is 1230. The molecule has 6 rings (SSSR count). The van der Waals surface area contributed by atoms with Crippen LogP contribution in [0.15, 0.2) is 65.1 Å². The van der Waals surface area contributed by atoms with E-state index in [4.69, 9.17) is 4.42 Å². The van der Waals surface area contributed by atoms with Crippen molar-refractivity contribution in [2.24, 2.45) is 0 Å². The lowest BCUT2D eigenvalue weighted by Gasteiger charge is -2.30. The SMILES string of the molecule is Cc1ccc(N2c3ccccc3CCc3c2oc2ccccc32)c2c1CCCC2. The molecule has 0 N–H and O–H groups in total. The van der Waals surface area contributed by atoms with Crippen molar-refractivity contribution in [3.8, 4) is 0 Å². The predicted octanol–water partition coefficient (Wildman–Crippen LogP) is 7.19. The fraction of sp³-hybridized carbons (Fsp3) is 0.259. The maximum Gasteiger partial charge on any atom is 0.209 e. The summed E-state index contributed by atoms with van der Waals surface area (Å²) in [7, 11) is 0. The zero-order valence-corrected chi connectivity index (χ0v) is 16.9. The van der Waals surface area contributed by atoms with E-state index in [-0.39, 0.29) is 0 Å². The molecule has 2 nitrogen and oxygen atoms in total. The Morgan fingerprint density at radius 2 is 1.48 bits per heavy atom. The van der Waals surface area contributed by atoms with Crippen LogP contribution in [-0.2, 0) is 25.7 Å². The maximum atomic E-state index is 6.54. The van der Waals surface area contributed by atoms with Crippen LogP contribution >= 0.6 is 0 Å². The summed E-state index contributed by atoms with van der Waals surface area (Å²) in [5, 5.41) is 1.25. The Hall–Kier alpha value is -3.00. The highest BCUT2D eigenvalue weighted by Crippen LogP contribution is 2.47. The van der Waals surface area contributed by atoms with Crippen LogP contribution in [0.3, 0.4) is 0 Å². The number of rotatable bonds is 1. The molecule has 2 aliphatic rings. The molecule has 1 aromatic heterocycles. The molecule has 144 valence electrons. The lowest BCUT2D eigenvalue weighted by atomic mass is 9.87. The van der Waals surface area contributed by atoms with Gasteiger partial charge in [-0.25, -0.2) is 0 Å². The molecule has 1 aliphatic carbocycles. The van der Waals surface area contributed by atoms with E-state index in [9.17, 15) is 0 Å². The first-order valence-corrected chi connectivity index (χ1v) is 10.8. The molecule has 0 unspecified atom stereocenters. The summed E-state index contributed by atoms with van der Waals surface area (Å²) < 4.78 is 6.54. The van der Waals surface area contributed by atoms with Gasteiger partial charge in [0, 0.05) is 10.9 Å². The van der Waals surface area contributed by atoms with Crippen LogP contribution < -0.4 is 4.90 Å². The summed E-state index contributed by atoms with van der Waals surface area (Å²) in [4.78, 5) is 2.42. The second kappa shape index (κ2) is 6.52. The van der Waals surface area contributed by atoms with E-state index in [1.54, 1.807) is 5.56 Å². The molecule has 0 spiro atoms. The van der Waals surface area contributed by atoms with Crippen molar-refractivity contribution >= 4 is 28.2 Å². The largest absolute Gasteiger partial charge is 0.439 e. The first kappa shape index (κ1) is 16.9. The Kier molecular flexibility index (Phi) is 3.80. The molecule has 1 aliphatic heterocycles. The molecule has 0 saturated heterocycles. The van der Waals surface area contributed by atoms with Gasteiger partial charge in [-0.05, 0) is 85.9 Å². The van der Waals surface area contributed by atoms with Gasteiger partial charge < -0.3 is 4.42 Å². The van der Waals surface area contributed by atoms with Crippen molar-refractivity contribution in [2.45, 2.75) is 45.4 Å². The summed E-state index contributed by atoms with van der Waals surface area (Å²) in [5.41, 5.74) is 10.8. The van der Waals surface area contributed by atoms with E-state index in [1.165, 1.54) is 58.3 Å². The van der Waals surface area contributed by atoms with Crippen molar-refractivity contribution in [1.29, 1.82) is 0 Å². The number of aryl methyl sites for hydroxylation is 3. The summed E-state index contributed by atoms with van der Waals surface area (Å²) in [6, 6.07) is 21.9. The molecule has 0 atom stereocenters. The average Bonchev–Trinajstić information content (AvgIpc) is 3.05. The van der Waals surface area contributed by atoms with E-state index in [0.29, 0.717) is 0 Å². The van der Waals surface area contributed by atoms with Crippen LogP contribution in [0.4, 0.5) is 17.3 Å². The number of anilines is 3. The van der Waals surface area contributed by atoms with Crippen LogP contribution in [0, 0.1) is 6.92 Å². The minimum absolute atomic E-state index is 0.989. The summed E-state index contributed by atoms with van der Waals surface area (Å²) in [6.07, 6.45) is 6.96. The molecule has 0 radical (unpaired) electrons. The topological polar surface area (TPSA) is 16.4 Å². The van der Waals surface area contributed by atoms with Crippen LogP contribution in [0.5, 0.6) is 0 Å². The molecular formula is C27H25NO. The van der Waals surface area contributed by atoms with Gasteiger partial charge in [-0.15, -0.1) is 0 Å². The fourth-order valence-corrected chi connectivity index (χ4v) is 5.29. The van der Waals surface area contributed by atoms with E-state index in [2.05, 4.69) is 72.5 Å². The van der Waals surface area contributed by atoms with Gasteiger partial charge in [0.05, 0.1) is 11.4 Å². The normalized spacial score (nSPS) is 15.6. The van der Waals surface area contributed by atoms with Gasteiger partial charge in [0.25, 0.3) is 0 Å². The highest BCUT2D eigenvalue weighted by molar-refractivity contribution is 5.92. The molecule has 0 saturated carbocycles. The number of hydrogen-bond donors (Lipinski definition) is 0. The van der Waals surface area contributed by atoms with Gasteiger partial charge >= 0.3 is 0 Å². The monoisotopic (exact) mass is 379 g/mol. The van der Waals surface area contributed by atoms with Crippen LogP contribution in [0.1, 0.15) is 40.7 Å². The van der Waals surface area contributed by atoms with E-state index >= 15 is 0 Å². The zero-order chi connectivity index (χ0) is 19.4. The van der Waals surface area contributed by atoms with Gasteiger partial charge in [0.1, 0.15) is 5.58 Å². The minimum atomic E-state index is 0.989. The Morgan fingerprint density at radius 3 is 2.41 bits per heavy atom. The second-order valence-electron chi connectivity index (χ2n) is 8.41. The third-order valence-corrected chi connectivity index (χ3v) is 6.74. The van der Waals surface area contributed by atoms with Gasteiger partial charge in [-0.2, -0.15) is 0 Å². The molecular weight excluding hydrogens is 354 g/mol. The quantitative estimate of drug-likeness (QED) is 0.348. The molecule has 29 heavy (non-hydrogen) atoms. The number of furan rings is 1. The Morgan fingerprint density at radius 1 is 0.690 bits per heavy atom. The lowest BCUT2D eigenvalue weighted by molar-refractivity contribution is 0.615. The molecule has 0 amide bonds. The van der Waals surface area contributed by atoms with Crippen molar-refractivity contribution in [3.63, 3.8) is 0 Å². The molecule has 2 heterocycles. The van der Waals surface area contributed by atoms with Crippen molar-refractivity contribution in [2.75, 3.05) is 4.90 Å². The summed E-state index contributed by atoms with van der Waals surface area (Å²) in [6.45, 7) is 2.26. The second-order valence-corrected chi connectivity index (χ2v) is 8.41. The van der Waals surface area contributed by atoms with E-state index in [0.717, 1.165) is 30.7 Å². The maximum absolute atomic E-state index is 6.54. The number of fused-ring (bicyclic) bond motifs is 5. The lowest BCUT2D eigenvalue weighted by Crippen LogP contribution is -2.16. The molecule has 0 bridgehead atoms. The zero-order valence-electron chi connectivity index (χ0n) is 16.9. The Balaban J connectivity index is 1.67. The van der Waals surface area contributed by atoms with Crippen molar-refractivity contribution in [3.05, 3.63) is 88.5 Å². The first-order valence-electron chi connectivity index (χ1n) is 10.8. The van der Waals surface area contributed by atoms with Crippen LogP contribution in [0.25, 0.3) is 11.0 Å². The molecule has 4 aromatic rings. The highest BCUT2D eigenvalue weighted by atomic mass is 16.4. The summed E-state index contributed by atoms with van der Waals surface area (Å²) in [5.74, 6) is 1.01. The average molecular weight is 380 g/mol.